The Morgan fingerprint density at radius 2 is 1.82 bits per heavy atom. The van der Waals surface area contributed by atoms with Crippen LogP contribution in [-0.4, -0.2) is 45.6 Å². The number of benzene rings is 1. The minimum atomic E-state index is -4.45. The second-order valence-electron chi connectivity index (χ2n) is 9.00. The lowest BCUT2D eigenvalue weighted by atomic mass is 9.81. The molecule has 0 unspecified atom stereocenters. The monoisotopic (exact) mass is 483 g/mol. The molecule has 1 aromatic carbocycles. The van der Waals surface area contributed by atoms with Crippen molar-refractivity contribution in [3.05, 3.63) is 52.6 Å². The molecule has 0 spiro atoms. The topological polar surface area (TPSA) is 75.4 Å². The molecule has 10 heteroatoms. The highest BCUT2D eigenvalue weighted by Gasteiger charge is 2.40. The second-order valence-corrected chi connectivity index (χ2v) is 9.00. The predicted octanol–water partition coefficient (Wildman–Crippen LogP) is 4.54. The molecule has 1 aromatic heterocycles. The minimum absolute atomic E-state index is 0.159. The first-order valence-electron chi connectivity index (χ1n) is 11.3. The summed E-state index contributed by atoms with van der Waals surface area (Å²) in [5.41, 5.74) is 0.796. The molecule has 1 aliphatic carbocycles. The van der Waals surface area contributed by atoms with Crippen LogP contribution in [0, 0.1) is 17.7 Å². The van der Waals surface area contributed by atoms with Crippen molar-refractivity contribution in [3.63, 3.8) is 0 Å². The molecule has 1 aliphatic heterocycles. The summed E-state index contributed by atoms with van der Waals surface area (Å²) < 4.78 is 53.7. The van der Waals surface area contributed by atoms with Gasteiger partial charge in [0.25, 0.3) is 0 Å². The molecule has 2 aromatic rings. The highest BCUT2D eigenvalue weighted by molar-refractivity contribution is 5.70. The molecule has 0 amide bonds. The van der Waals surface area contributed by atoms with Crippen LogP contribution < -0.4 is 0 Å². The van der Waals surface area contributed by atoms with Gasteiger partial charge in [0.1, 0.15) is 12.1 Å². The smallest absolute Gasteiger partial charge is 0.435 e. The van der Waals surface area contributed by atoms with Crippen LogP contribution in [0.15, 0.2) is 24.3 Å². The van der Waals surface area contributed by atoms with Gasteiger partial charge in [-0.25, -0.2) is 4.39 Å². The van der Waals surface area contributed by atoms with Crippen molar-refractivity contribution in [1.82, 2.24) is 14.7 Å². The van der Waals surface area contributed by atoms with Crippen LogP contribution in [0.25, 0.3) is 0 Å². The largest absolute Gasteiger partial charge is 0.481 e. The first-order valence-corrected chi connectivity index (χ1v) is 11.3. The van der Waals surface area contributed by atoms with Crippen molar-refractivity contribution in [2.24, 2.45) is 11.8 Å². The third-order valence-electron chi connectivity index (χ3n) is 6.47. The summed E-state index contributed by atoms with van der Waals surface area (Å²) in [6.07, 6.45) is 0.712. The number of carboxylic acids is 1. The van der Waals surface area contributed by atoms with Gasteiger partial charge in [0.2, 0.25) is 0 Å². The number of hydrogen-bond acceptors (Lipinski definition) is 4. The molecule has 2 heterocycles. The molecule has 4 rings (SSSR count). The average molecular weight is 484 g/mol. The molecule has 6 nitrogen and oxygen atoms in total. The number of carboxylic acid groups (broad SMARTS) is 1. The Morgan fingerprint density at radius 3 is 2.38 bits per heavy atom. The molecular formula is C24H29F4N3O3. The fourth-order valence-electron chi connectivity index (χ4n) is 4.51. The Morgan fingerprint density at radius 1 is 1.18 bits per heavy atom. The maximum Gasteiger partial charge on any atom is 0.435 e. The van der Waals surface area contributed by atoms with Crippen molar-refractivity contribution in [1.29, 1.82) is 0 Å². The number of fused-ring (bicyclic) bond motifs is 1. The van der Waals surface area contributed by atoms with E-state index in [4.69, 9.17) is 5.11 Å². The number of carbonyl (C=O) groups is 2. The van der Waals surface area contributed by atoms with Crippen LogP contribution in [0.2, 0.25) is 0 Å². The molecule has 1 saturated carbocycles. The van der Waals surface area contributed by atoms with Gasteiger partial charge in [-0.05, 0) is 62.8 Å². The maximum atomic E-state index is 13.1. The molecule has 1 N–H and O–H groups in total. The van der Waals surface area contributed by atoms with Gasteiger partial charge in [-0.2, -0.15) is 18.3 Å². The highest BCUT2D eigenvalue weighted by atomic mass is 19.4. The Balaban J connectivity index is 0.000000229. The van der Waals surface area contributed by atoms with Gasteiger partial charge in [0, 0.05) is 25.1 Å². The zero-order valence-electron chi connectivity index (χ0n) is 19.0. The van der Waals surface area contributed by atoms with Gasteiger partial charge >= 0.3 is 12.1 Å². The lowest BCUT2D eigenvalue weighted by Gasteiger charge is -2.24. The van der Waals surface area contributed by atoms with Crippen molar-refractivity contribution < 1.29 is 32.3 Å². The normalized spacial score (nSPS) is 20.7. The number of alkyl halides is 3. The summed E-state index contributed by atoms with van der Waals surface area (Å²) in [5, 5.41) is 12.5. The first kappa shape index (κ1) is 25.9. The summed E-state index contributed by atoms with van der Waals surface area (Å²) in [6.45, 7) is 1.21. The lowest BCUT2D eigenvalue weighted by molar-refractivity contribution is -0.143. The van der Waals surface area contributed by atoms with Crippen molar-refractivity contribution >= 4 is 12.3 Å². The van der Waals surface area contributed by atoms with E-state index in [2.05, 4.69) is 5.10 Å². The lowest BCUT2D eigenvalue weighted by Crippen LogP contribution is -2.28. The van der Waals surface area contributed by atoms with Gasteiger partial charge in [-0.15, -0.1) is 0 Å². The average Bonchev–Trinajstić information content (AvgIpc) is 3.14. The zero-order chi connectivity index (χ0) is 24.9. The number of likely N-dealkylation sites (N-methyl/N-ethyl adjacent to an activating group) is 1. The van der Waals surface area contributed by atoms with Crippen LogP contribution in [0.1, 0.15) is 54.6 Å². The number of halogens is 4. The molecule has 2 aliphatic rings. The molecule has 0 atom stereocenters. The number of rotatable bonds is 5. The second kappa shape index (κ2) is 11.1. The van der Waals surface area contributed by atoms with E-state index >= 15 is 0 Å². The Bertz CT molecular complexity index is 981. The third kappa shape index (κ3) is 6.65. The van der Waals surface area contributed by atoms with Crippen LogP contribution in [0.5, 0.6) is 0 Å². The van der Waals surface area contributed by atoms with E-state index in [0.29, 0.717) is 43.1 Å². The number of aliphatic carboxylic acids is 1. The minimum Gasteiger partial charge on any atom is -0.481 e. The molecular weight excluding hydrogens is 454 g/mol. The van der Waals surface area contributed by atoms with Crippen LogP contribution in [0.3, 0.4) is 0 Å². The third-order valence-corrected chi connectivity index (χ3v) is 6.47. The number of hydrogen-bond donors (Lipinski definition) is 1. The quantitative estimate of drug-likeness (QED) is 0.499. The van der Waals surface area contributed by atoms with Crippen LogP contribution in [-0.2, 0) is 35.3 Å². The van der Waals surface area contributed by atoms with Gasteiger partial charge in [0.15, 0.2) is 5.69 Å². The predicted molar refractivity (Wildman–Crippen MR) is 117 cm³/mol. The highest BCUT2D eigenvalue weighted by Crippen LogP contribution is 2.35. The van der Waals surface area contributed by atoms with Crippen molar-refractivity contribution in [2.75, 3.05) is 13.6 Å². The number of carbonyl (C=O) groups excluding carboxylic acids is 1. The van der Waals surface area contributed by atoms with E-state index in [1.54, 1.807) is 12.1 Å². The molecule has 34 heavy (non-hydrogen) atoms. The summed E-state index contributed by atoms with van der Waals surface area (Å²) in [6, 6.07) is 5.70. The molecule has 0 bridgehead atoms. The molecule has 1 fully saturated rings. The van der Waals surface area contributed by atoms with Gasteiger partial charge in [-0.1, -0.05) is 12.1 Å². The van der Waals surface area contributed by atoms with E-state index < -0.39 is 17.8 Å². The number of aromatic nitrogens is 2. The standard InChI is InChI=1S/C15H15F4N3.C9H14O3/c1-21-7-6-12-13(9-21)22(20-14(12)15(17,18)19)8-10-2-4-11(16)5-3-10;10-6-5-7-1-3-8(4-2-7)9(11)12/h2-5H,6-9H2,1H3;6-8H,1-5H2,(H,11,12). The van der Waals surface area contributed by atoms with E-state index in [-0.39, 0.29) is 23.8 Å². The Hall–Kier alpha value is -2.75. The number of nitrogens with zero attached hydrogens (tertiary/aromatic N) is 3. The summed E-state index contributed by atoms with van der Waals surface area (Å²) in [4.78, 5) is 22.7. The number of aldehydes is 1. The van der Waals surface area contributed by atoms with E-state index in [9.17, 15) is 27.2 Å². The summed E-state index contributed by atoms with van der Waals surface area (Å²) in [7, 11) is 1.87. The van der Waals surface area contributed by atoms with Gasteiger partial charge in [0.05, 0.1) is 18.2 Å². The maximum absolute atomic E-state index is 13.1. The summed E-state index contributed by atoms with van der Waals surface area (Å²) >= 11 is 0. The van der Waals surface area contributed by atoms with Crippen LogP contribution >= 0.6 is 0 Å². The Kier molecular flexibility index (Phi) is 8.46. The van der Waals surface area contributed by atoms with Crippen LogP contribution in [0.4, 0.5) is 17.6 Å². The molecule has 0 radical (unpaired) electrons. The molecule has 0 saturated heterocycles. The zero-order valence-corrected chi connectivity index (χ0v) is 19.0. The van der Waals surface area contributed by atoms with Gasteiger partial charge in [-0.3, -0.25) is 9.48 Å². The first-order chi connectivity index (χ1) is 16.1. The van der Waals surface area contributed by atoms with E-state index in [1.807, 2.05) is 11.9 Å². The summed E-state index contributed by atoms with van der Waals surface area (Å²) in [5.74, 6) is -0.771. The van der Waals surface area contributed by atoms with Gasteiger partial charge < -0.3 is 14.8 Å². The van der Waals surface area contributed by atoms with Crippen molar-refractivity contribution in [3.8, 4) is 0 Å². The fourth-order valence-corrected chi connectivity index (χ4v) is 4.51. The Labute approximate surface area is 195 Å². The van der Waals surface area contributed by atoms with Crippen molar-refractivity contribution in [2.45, 2.75) is 57.8 Å². The molecule has 186 valence electrons. The SMILES string of the molecule is CN1CCc2c(C(F)(F)F)nn(Cc3ccc(F)cc3)c2C1.O=CCC1CCC(C(=O)O)CC1. The van der Waals surface area contributed by atoms with E-state index in [0.717, 1.165) is 32.0 Å². The van der Waals surface area contributed by atoms with E-state index in [1.165, 1.54) is 16.8 Å². The fraction of sp³-hybridized carbons (Fsp3) is 0.542.